The van der Waals surface area contributed by atoms with Gasteiger partial charge in [0.25, 0.3) is 0 Å². The number of hydrogen-bond donors (Lipinski definition) is 0. The van der Waals surface area contributed by atoms with Crippen molar-refractivity contribution in [3.63, 3.8) is 0 Å². The molecule has 6 heteroatoms. The fourth-order valence-electron chi connectivity index (χ4n) is 6.98. The highest BCUT2D eigenvalue weighted by Gasteiger charge is 2.20. The van der Waals surface area contributed by atoms with Gasteiger partial charge in [0.05, 0.1) is 11.0 Å². The van der Waals surface area contributed by atoms with E-state index in [-0.39, 0.29) is 0 Å². The van der Waals surface area contributed by atoms with E-state index in [2.05, 4.69) is 100 Å². The third kappa shape index (κ3) is 9.70. The van der Waals surface area contributed by atoms with Gasteiger partial charge in [-0.25, -0.2) is 4.98 Å². The SMILES string of the molecule is Cc1cccc2c1nc(COc1ccc(Cl)cc1)n2CCCC1CCN(CCCCN(Cc2ccccc2)Cc2ccccc2)CC1. The molecule has 1 saturated heterocycles. The van der Waals surface area contributed by atoms with Gasteiger partial charge in [-0.3, -0.25) is 4.90 Å². The first-order valence-corrected chi connectivity index (χ1v) is 17.8. The molecule has 0 N–H and O–H groups in total. The van der Waals surface area contributed by atoms with Crippen molar-refractivity contribution < 1.29 is 4.74 Å². The van der Waals surface area contributed by atoms with Gasteiger partial charge in [-0.05, 0) is 125 Å². The second kappa shape index (κ2) is 17.0. The van der Waals surface area contributed by atoms with Gasteiger partial charge in [0, 0.05) is 24.7 Å². The van der Waals surface area contributed by atoms with Gasteiger partial charge in [0.1, 0.15) is 18.2 Å². The maximum atomic E-state index is 6.12. The smallest absolute Gasteiger partial charge is 0.148 e. The summed E-state index contributed by atoms with van der Waals surface area (Å²) < 4.78 is 8.50. The van der Waals surface area contributed by atoms with Crippen LogP contribution in [0.4, 0.5) is 0 Å². The molecule has 1 aliphatic heterocycles. The van der Waals surface area contributed by atoms with Gasteiger partial charge in [-0.1, -0.05) is 84.4 Å². The van der Waals surface area contributed by atoms with E-state index >= 15 is 0 Å². The number of imidazole rings is 1. The molecular weight excluding hydrogens is 600 g/mol. The van der Waals surface area contributed by atoms with E-state index in [1.165, 1.54) is 73.9 Å². The highest BCUT2D eigenvalue weighted by Crippen LogP contribution is 2.26. The van der Waals surface area contributed by atoms with Crippen molar-refractivity contribution in [2.45, 2.75) is 71.7 Å². The number of piperidine rings is 1. The molecule has 5 nitrogen and oxygen atoms in total. The molecule has 0 radical (unpaired) electrons. The summed E-state index contributed by atoms with van der Waals surface area (Å²) in [7, 11) is 0. The summed E-state index contributed by atoms with van der Waals surface area (Å²) in [4.78, 5) is 10.3. The molecule has 4 aromatic carbocycles. The summed E-state index contributed by atoms with van der Waals surface area (Å²) in [6.45, 7) is 10.4. The van der Waals surface area contributed by atoms with Crippen LogP contribution in [-0.4, -0.2) is 45.5 Å². The number of fused-ring (bicyclic) bond motifs is 1. The highest BCUT2D eigenvalue weighted by molar-refractivity contribution is 6.30. The number of unbranched alkanes of at least 4 members (excludes halogenated alkanes) is 1. The van der Waals surface area contributed by atoms with Gasteiger partial charge in [0.2, 0.25) is 0 Å². The van der Waals surface area contributed by atoms with Gasteiger partial charge >= 0.3 is 0 Å². The van der Waals surface area contributed by atoms with Crippen molar-refractivity contribution in [2.75, 3.05) is 26.2 Å². The van der Waals surface area contributed by atoms with Gasteiger partial charge < -0.3 is 14.2 Å². The van der Waals surface area contributed by atoms with Crippen molar-refractivity contribution in [2.24, 2.45) is 5.92 Å². The molecule has 0 amide bonds. The molecule has 0 atom stereocenters. The van der Waals surface area contributed by atoms with Crippen LogP contribution in [0.3, 0.4) is 0 Å². The number of para-hydroxylation sites is 1. The molecule has 246 valence electrons. The summed E-state index contributed by atoms with van der Waals surface area (Å²) in [6, 6.07) is 35.8. The minimum Gasteiger partial charge on any atom is -0.486 e. The van der Waals surface area contributed by atoms with Crippen molar-refractivity contribution in [3.05, 3.63) is 131 Å². The number of rotatable bonds is 16. The third-order valence-electron chi connectivity index (χ3n) is 9.64. The van der Waals surface area contributed by atoms with E-state index in [4.69, 9.17) is 21.3 Å². The Morgan fingerprint density at radius 3 is 2.13 bits per heavy atom. The Bertz CT molecular complexity index is 1600. The molecule has 0 spiro atoms. The van der Waals surface area contributed by atoms with Crippen LogP contribution in [0.5, 0.6) is 5.75 Å². The summed E-state index contributed by atoms with van der Waals surface area (Å²) in [5, 5.41) is 0.714. The quantitative estimate of drug-likeness (QED) is 0.0998. The lowest BCUT2D eigenvalue weighted by atomic mass is 9.92. The van der Waals surface area contributed by atoms with Crippen LogP contribution in [0.15, 0.2) is 103 Å². The number of ether oxygens (including phenoxy) is 1. The van der Waals surface area contributed by atoms with Gasteiger partial charge in [-0.2, -0.15) is 0 Å². The standard InChI is InChI=1S/C41H49ClN4O/c1-33-12-10-18-39-41(33)43-40(32-47-38-21-19-37(42)20-22-38)46(39)27-11-17-34-23-28-44(29-24-34)25-8-9-26-45(30-35-13-4-2-5-14-35)31-36-15-6-3-7-16-36/h2-7,10,12-16,18-22,34H,8-9,11,17,23-32H2,1H3. The van der Waals surface area contributed by atoms with Crippen molar-refractivity contribution >= 4 is 22.6 Å². The lowest BCUT2D eigenvalue weighted by molar-refractivity contribution is 0.169. The van der Waals surface area contributed by atoms with E-state index in [1.807, 2.05) is 24.3 Å². The van der Waals surface area contributed by atoms with Gasteiger partial charge in [0.15, 0.2) is 0 Å². The molecule has 6 rings (SSSR count). The monoisotopic (exact) mass is 648 g/mol. The fraction of sp³-hybridized carbons (Fsp3) is 0.390. The van der Waals surface area contributed by atoms with Crippen LogP contribution in [0, 0.1) is 12.8 Å². The molecular formula is C41H49ClN4O. The van der Waals surface area contributed by atoms with Crippen LogP contribution in [0.2, 0.25) is 5.02 Å². The second-order valence-electron chi connectivity index (χ2n) is 13.2. The van der Waals surface area contributed by atoms with E-state index in [0.717, 1.165) is 55.6 Å². The Morgan fingerprint density at radius 1 is 0.766 bits per heavy atom. The summed E-state index contributed by atoms with van der Waals surface area (Å²) in [5.41, 5.74) is 6.29. The first-order chi connectivity index (χ1) is 23.1. The van der Waals surface area contributed by atoms with E-state index < -0.39 is 0 Å². The number of nitrogens with zero attached hydrogens (tertiary/aromatic N) is 4. The highest BCUT2D eigenvalue weighted by atomic mass is 35.5. The van der Waals surface area contributed by atoms with Crippen LogP contribution in [0.25, 0.3) is 11.0 Å². The number of likely N-dealkylation sites (tertiary alicyclic amines) is 1. The predicted octanol–water partition coefficient (Wildman–Crippen LogP) is 9.55. The van der Waals surface area contributed by atoms with E-state index in [1.54, 1.807) is 0 Å². The predicted molar refractivity (Wildman–Crippen MR) is 195 cm³/mol. The number of halogens is 1. The minimum atomic E-state index is 0.449. The van der Waals surface area contributed by atoms with Crippen LogP contribution >= 0.6 is 11.6 Å². The number of aryl methyl sites for hydroxylation is 2. The third-order valence-corrected chi connectivity index (χ3v) is 9.89. The van der Waals surface area contributed by atoms with Crippen LogP contribution in [-0.2, 0) is 26.2 Å². The Hall–Kier alpha value is -3.64. The first kappa shape index (κ1) is 33.3. The number of hydrogen-bond acceptors (Lipinski definition) is 4. The molecule has 1 aromatic heterocycles. The molecule has 2 heterocycles. The maximum Gasteiger partial charge on any atom is 0.148 e. The molecule has 0 saturated carbocycles. The normalized spacial score (nSPS) is 14.3. The fourth-order valence-corrected chi connectivity index (χ4v) is 7.10. The Kier molecular flexibility index (Phi) is 12.0. The second-order valence-corrected chi connectivity index (χ2v) is 13.6. The number of benzene rings is 4. The minimum absolute atomic E-state index is 0.449. The van der Waals surface area contributed by atoms with Crippen LogP contribution in [0.1, 0.15) is 61.0 Å². The Morgan fingerprint density at radius 2 is 1.45 bits per heavy atom. The van der Waals surface area contributed by atoms with Crippen molar-refractivity contribution in [1.82, 2.24) is 19.4 Å². The summed E-state index contributed by atoms with van der Waals surface area (Å²) in [6.07, 6.45) is 7.55. The molecule has 1 fully saturated rings. The molecule has 0 aliphatic carbocycles. The molecule has 47 heavy (non-hydrogen) atoms. The van der Waals surface area contributed by atoms with Crippen molar-refractivity contribution in [3.8, 4) is 5.75 Å². The van der Waals surface area contributed by atoms with E-state index in [0.29, 0.717) is 11.6 Å². The average Bonchev–Trinajstić information content (AvgIpc) is 3.46. The molecule has 1 aliphatic rings. The topological polar surface area (TPSA) is 33.5 Å². The van der Waals surface area contributed by atoms with Gasteiger partial charge in [-0.15, -0.1) is 0 Å². The molecule has 0 unspecified atom stereocenters. The zero-order valence-corrected chi connectivity index (χ0v) is 28.6. The summed E-state index contributed by atoms with van der Waals surface area (Å²) >= 11 is 6.06. The largest absolute Gasteiger partial charge is 0.486 e. The first-order valence-electron chi connectivity index (χ1n) is 17.5. The number of aromatic nitrogens is 2. The summed E-state index contributed by atoms with van der Waals surface area (Å²) in [5.74, 6) is 2.61. The average molecular weight is 649 g/mol. The Labute approximate surface area is 286 Å². The zero-order chi connectivity index (χ0) is 32.3. The van der Waals surface area contributed by atoms with E-state index in [9.17, 15) is 0 Å². The molecule has 5 aromatic rings. The lowest BCUT2D eigenvalue weighted by Gasteiger charge is -2.32. The van der Waals surface area contributed by atoms with Crippen LogP contribution < -0.4 is 4.74 Å². The zero-order valence-electron chi connectivity index (χ0n) is 27.9. The molecule has 0 bridgehead atoms. The Balaban J connectivity index is 0.938. The van der Waals surface area contributed by atoms with Crippen molar-refractivity contribution in [1.29, 1.82) is 0 Å². The maximum absolute atomic E-state index is 6.12. The lowest BCUT2D eigenvalue weighted by Crippen LogP contribution is -2.35.